The quantitative estimate of drug-likeness (QED) is 0.819. The number of fused-ring (bicyclic) bond motifs is 1. The molecule has 1 N–H and O–H groups in total. The van der Waals surface area contributed by atoms with Crippen LogP contribution in [0.3, 0.4) is 0 Å². The van der Waals surface area contributed by atoms with Gasteiger partial charge in [-0.2, -0.15) is 0 Å². The van der Waals surface area contributed by atoms with Crippen LogP contribution in [0.15, 0.2) is 29.1 Å². The van der Waals surface area contributed by atoms with Crippen LogP contribution in [0.2, 0.25) is 0 Å². The Bertz CT molecular complexity index is 746. The number of hydrogen-bond acceptors (Lipinski definition) is 5. The molecule has 1 amide bonds. The summed E-state index contributed by atoms with van der Waals surface area (Å²) in [6.07, 6.45) is 0. The van der Waals surface area contributed by atoms with Crippen molar-refractivity contribution in [2.75, 3.05) is 13.1 Å². The van der Waals surface area contributed by atoms with Gasteiger partial charge in [-0.15, -0.1) is 5.10 Å². The lowest BCUT2D eigenvalue weighted by molar-refractivity contribution is -0.122. The average molecular weight is 331 g/mol. The van der Waals surface area contributed by atoms with Crippen molar-refractivity contribution in [1.29, 1.82) is 0 Å². The van der Waals surface area contributed by atoms with E-state index in [0.29, 0.717) is 29.5 Å². The molecule has 0 saturated carbocycles. The Morgan fingerprint density at radius 1 is 1.21 bits per heavy atom. The molecule has 0 aliphatic carbocycles. The van der Waals surface area contributed by atoms with Crippen molar-refractivity contribution in [1.82, 2.24) is 25.2 Å². The zero-order valence-corrected chi connectivity index (χ0v) is 14.7. The molecular formula is C17H25N5O2. The number of carbonyl (C=O) groups is 1. The molecule has 2 aromatic rings. The normalized spacial score (nSPS) is 11.6. The molecule has 1 aromatic heterocycles. The van der Waals surface area contributed by atoms with E-state index >= 15 is 0 Å². The van der Waals surface area contributed by atoms with E-state index in [2.05, 4.69) is 48.2 Å². The number of aromatic nitrogens is 3. The molecule has 130 valence electrons. The fraction of sp³-hybridized carbons (Fsp3) is 0.529. The summed E-state index contributed by atoms with van der Waals surface area (Å²) < 4.78 is 1.10. The minimum absolute atomic E-state index is 0.125. The summed E-state index contributed by atoms with van der Waals surface area (Å²) >= 11 is 0. The molecule has 0 radical (unpaired) electrons. The highest BCUT2D eigenvalue weighted by atomic mass is 16.2. The number of benzene rings is 1. The van der Waals surface area contributed by atoms with Gasteiger partial charge in [-0.05, 0) is 39.8 Å². The van der Waals surface area contributed by atoms with Crippen LogP contribution >= 0.6 is 0 Å². The minimum Gasteiger partial charge on any atom is -0.353 e. The monoisotopic (exact) mass is 331 g/mol. The first kappa shape index (κ1) is 18.1. The molecule has 7 nitrogen and oxygen atoms in total. The van der Waals surface area contributed by atoms with Gasteiger partial charge in [0, 0.05) is 25.2 Å². The molecule has 0 bridgehead atoms. The maximum atomic E-state index is 12.3. The second kappa shape index (κ2) is 8.01. The summed E-state index contributed by atoms with van der Waals surface area (Å²) in [4.78, 5) is 26.7. The standard InChI is InChI=1S/C17H25N5O2/c1-12(2)21(13(3)4)10-9-18-16(23)11-22-17(24)14-7-5-6-8-15(14)19-20-22/h5-8,12-13H,9-11H2,1-4H3,(H,18,23). The first-order chi connectivity index (χ1) is 11.4. The third-order valence-electron chi connectivity index (χ3n) is 3.94. The van der Waals surface area contributed by atoms with Crippen molar-refractivity contribution in [3.63, 3.8) is 0 Å². The molecule has 0 fully saturated rings. The van der Waals surface area contributed by atoms with E-state index in [4.69, 9.17) is 0 Å². The summed E-state index contributed by atoms with van der Waals surface area (Å²) in [5.74, 6) is -0.242. The average Bonchev–Trinajstić information content (AvgIpc) is 2.53. The van der Waals surface area contributed by atoms with E-state index in [9.17, 15) is 9.59 Å². The number of nitrogens with one attached hydrogen (secondary N) is 1. The zero-order chi connectivity index (χ0) is 17.7. The van der Waals surface area contributed by atoms with Crippen LogP contribution in [-0.4, -0.2) is 51.0 Å². The lowest BCUT2D eigenvalue weighted by atomic mass is 10.2. The van der Waals surface area contributed by atoms with Gasteiger partial charge in [0.15, 0.2) is 0 Å². The van der Waals surface area contributed by atoms with Crippen LogP contribution in [0.5, 0.6) is 0 Å². The lowest BCUT2D eigenvalue weighted by Crippen LogP contribution is -2.43. The van der Waals surface area contributed by atoms with Gasteiger partial charge < -0.3 is 5.32 Å². The van der Waals surface area contributed by atoms with Crippen molar-refractivity contribution in [2.24, 2.45) is 0 Å². The Morgan fingerprint density at radius 2 is 1.88 bits per heavy atom. The van der Waals surface area contributed by atoms with Gasteiger partial charge in [-0.25, -0.2) is 4.68 Å². The predicted molar refractivity (Wildman–Crippen MR) is 93.8 cm³/mol. The molecule has 0 saturated heterocycles. The third-order valence-corrected chi connectivity index (χ3v) is 3.94. The van der Waals surface area contributed by atoms with E-state index < -0.39 is 0 Å². The molecule has 1 heterocycles. The topological polar surface area (TPSA) is 80.1 Å². The summed E-state index contributed by atoms with van der Waals surface area (Å²) in [5, 5.41) is 11.1. The highest BCUT2D eigenvalue weighted by Gasteiger charge is 2.14. The van der Waals surface area contributed by atoms with Crippen LogP contribution in [0.4, 0.5) is 0 Å². The smallest absolute Gasteiger partial charge is 0.278 e. The fourth-order valence-corrected chi connectivity index (χ4v) is 2.76. The maximum Gasteiger partial charge on any atom is 0.278 e. The Hall–Kier alpha value is -2.28. The maximum absolute atomic E-state index is 12.3. The summed E-state index contributed by atoms with van der Waals surface area (Å²) in [5.41, 5.74) is 0.227. The Morgan fingerprint density at radius 3 is 2.54 bits per heavy atom. The third kappa shape index (κ3) is 4.38. The zero-order valence-electron chi connectivity index (χ0n) is 14.7. The number of nitrogens with zero attached hydrogens (tertiary/aromatic N) is 4. The fourth-order valence-electron chi connectivity index (χ4n) is 2.76. The Balaban J connectivity index is 1.96. The van der Waals surface area contributed by atoms with Crippen molar-refractivity contribution in [3.05, 3.63) is 34.6 Å². The van der Waals surface area contributed by atoms with E-state index in [-0.39, 0.29) is 18.0 Å². The van der Waals surface area contributed by atoms with Gasteiger partial charge in [0.2, 0.25) is 5.91 Å². The first-order valence-corrected chi connectivity index (χ1v) is 8.25. The van der Waals surface area contributed by atoms with Crippen molar-refractivity contribution in [2.45, 2.75) is 46.3 Å². The molecule has 2 rings (SSSR count). The molecule has 0 aliphatic heterocycles. The largest absolute Gasteiger partial charge is 0.353 e. The van der Waals surface area contributed by atoms with Crippen molar-refractivity contribution in [3.8, 4) is 0 Å². The van der Waals surface area contributed by atoms with Crippen LogP contribution < -0.4 is 10.9 Å². The van der Waals surface area contributed by atoms with Crippen molar-refractivity contribution < 1.29 is 4.79 Å². The highest BCUT2D eigenvalue weighted by molar-refractivity contribution is 5.78. The second-order valence-corrected chi connectivity index (χ2v) is 6.34. The number of rotatable bonds is 7. The van der Waals surface area contributed by atoms with Crippen molar-refractivity contribution >= 4 is 16.8 Å². The lowest BCUT2D eigenvalue weighted by Gasteiger charge is -2.30. The Kier molecular flexibility index (Phi) is 6.03. The molecule has 7 heteroatoms. The number of hydrogen-bond donors (Lipinski definition) is 1. The minimum atomic E-state index is -0.304. The van der Waals surface area contributed by atoms with Gasteiger partial charge in [0.1, 0.15) is 12.1 Å². The highest BCUT2D eigenvalue weighted by Crippen LogP contribution is 2.04. The van der Waals surface area contributed by atoms with Gasteiger partial charge in [0.05, 0.1) is 5.39 Å². The SMILES string of the molecule is CC(C)N(CCNC(=O)Cn1nnc2ccccc2c1=O)C(C)C. The van der Waals surface area contributed by atoms with E-state index in [1.165, 1.54) is 0 Å². The number of amides is 1. The van der Waals surface area contributed by atoms with E-state index in [0.717, 1.165) is 11.2 Å². The molecule has 0 atom stereocenters. The summed E-state index contributed by atoms with van der Waals surface area (Å²) in [6, 6.07) is 7.79. The van der Waals surface area contributed by atoms with Crippen LogP contribution in [0.25, 0.3) is 10.9 Å². The molecular weight excluding hydrogens is 306 g/mol. The molecule has 0 unspecified atom stereocenters. The first-order valence-electron chi connectivity index (χ1n) is 8.25. The molecule has 0 spiro atoms. The van der Waals surface area contributed by atoms with Crippen LogP contribution in [0.1, 0.15) is 27.7 Å². The summed E-state index contributed by atoms with van der Waals surface area (Å²) in [6.45, 7) is 9.69. The van der Waals surface area contributed by atoms with Gasteiger partial charge in [-0.1, -0.05) is 17.3 Å². The van der Waals surface area contributed by atoms with E-state index in [1.54, 1.807) is 24.3 Å². The second-order valence-electron chi connectivity index (χ2n) is 6.34. The van der Waals surface area contributed by atoms with E-state index in [1.807, 2.05) is 0 Å². The van der Waals surface area contributed by atoms with Gasteiger partial charge in [0.25, 0.3) is 5.56 Å². The molecule has 24 heavy (non-hydrogen) atoms. The van der Waals surface area contributed by atoms with Crippen LogP contribution in [0, 0.1) is 0 Å². The molecule has 0 aliphatic rings. The van der Waals surface area contributed by atoms with Gasteiger partial charge >= 0.3 is 0 Å². The Labute approximate surface area is 141 Å². The predicted octanol–water partition coefficient (Wildman–Crippen LogP) is 1.03. The molecule has 1 aromatic carbocycles. The number of carbonyl (C=O) groups excluding carboxylic acids is 1. The van der Waals surface area contributed by atoms with Gasteiger partial charge in [-0.3, -0.25) is 14.5 Å². The summed E-state index contributed by atoms with van der Waals surface area (Å²) in [7, 11) is 0. The van der Waals surface area contributed by atoms with Crippen LogP contribution in [-0.2, 0) is 11.3 Å².